The number of rotatable bonds is 7. The molecule has 2 aliphatic heterocycles. The highest BCUT2D eigenvalue weighted by Gasteiger charge is 2.32. The molecular weight excluding hydrogens is 614 g/mol. The zero-order valence-corrected chi connectivity index (χ0v) is 24.4. The Bertz CT molecular complexity index is 1730. The van der Waals surface area contributed by atoms with Gasteiger partial charge in [0.1, 0.15) is 11.4 Å². The SMILES string of the molecule is COc1ccc(-n2c(C(=O)CCc3ccc4c(c3)OCO4)c3n(c2=O)CCN(C(=O)c2ccc(Br)c(Cl)c2)C3)cc1. The summed E-state index contributed by atoms with van der Waals surface area (Å²) < 4.78 is 19.9. The molecule has 0 unspecified atom stereocenters. The van der Waals surface area contributed by atoms with Crippen LogP contribution in [0, 0.1) is 0 Å². The van der Waals surface area contributed by atoms with Crippen LogP contribution in [0.3, 0.4) is 0 Å². The van der Waals surface area contributed by atoms with Crippen LogP contribution in [0.5, 0.6) is 17.2 Å². The first kappa shape index (κ1) is 27.2. The van der Waals surface area contributed by atoms with E-state index in [1.54, 1.807) is 59.0 Å². The van der Waals surface area contributed by atoms with Crippen molar-refractivity contribution in [2.24, 2.45) is 0 Å². The van der Waals surface area contributed by atoms with E-state index in [0.29, 0.717) is 56.7 Å². The second-order valence-electron chi connectivity index (χ2n) is 9.73. The number of carbonyl (C=O) groups is 2. The lowest BCUT2D eigenvalue weighted by molar-refractivity contribution is 0.0707. The molecule has 0 fully saturated rings. The second kappa shape index (κ2) is 11.1. The van der Waals surface area contributed by atoms with E-state index in [1.807, 2.05) is 18.2 Å². The number of hydrogen-bond donors (Lipinski definition) is 0. The fourth-order valence-corrected chi connectivity index (χ4v) is 5.60. The molecule has 4 aromatic rings. The maximum atomic E-state index is 13.9. The Labute approximate surface area is 248 Å². The Morgan fingerprint density at radius 2 is 1.78 bits per heavy atom. The largest absolute Gasteiger partial charge is 0.497 e. The molecule has 1 aromatic heterocycles. The van der Waals surface area contributed by atoms with Gasteiger partial charge in [0.25, 0.3) is 5.91 Å². The molecule has 9 nitrogen and oxygen atoms in total. The summed E-state index contributed by atoms with van der Waals surface area (Å²) in [4.78, 5) is 42.7. The molecule has 0 atom stereocenters. The number of ether oxygens (including phenoxy) is 3. The van der Waals surface area contributed by atoms with Gasteiger partial charge in [-0.3, -0.25) is 18.7 Å². The zero-order chi connectivity index (χ0) is 28.7. The lowest BCUT2D eigenvalue weighted by Gasteiger charge is -2.28. The standard InChI is InChI=1S/C30H25BrClN3O6/c1-39-21-7-5-20(6-8-21)35-28(25(36)10-2-18-3-11-26-27(14-18)41-17-40-26)24-16-33(12-13-34(24)30(35)38)29(37)19-4-9-22(31)23(32)15-19/h3-9,11,14-15H,2,10,12-13,16-17H2,1H3. The van der Waals surface area contributed by atoms with Gasteiger partial charge in [-0.2, -0.15) is 0 Å². The number of methoxy groups -OCH3 is 1. The lowest BCUT2D eigenvalue weighted by Crippen LogP contribution is -2.41. The summed E-state index contributed by atoms with van der Waals surface area (Å²) in [5, 5.41) is 0.426. The molecule has 3 heterocycles. The third-order valence-corrected chi connectivity index (χ3v) is 8.54. The van der Waals surface area contributed by atoms with Crippen molar-refractivity contribution in [1.82, 2.24) is 14.0 Å². The number of aryl methyl sites for hydroxylation is 1. The van der Waals surface area contributed by atoms with Crippen LogP contribution in [-0.4, -0.2) is 46.2 Å². The number of nitrogens with zero attached hydrogens (tertiary/aromatic N) is 3. The Hall–Kier alpha value is -4.02. The third-order valence-electron chi connectivity index (χ3n) is 7.31. The van der Waals surface area contributed by atoms with Crippen LogP contribution in [0.15, 0.2) is 69.9 Å². The number of hydrogen-bond acceptors (Lipinski definition) is 6. The fraction of sp³-hybridized carbons (Fsp3) is 0.233. The minimum absolute atomic E-state index is 0.107. The van der Waals surface area contributed by atoms with Crippen LogP contribution in [-0.2, 0) is 19.5 Å². The second-order valence-corrected chi connectivity index (χ2v) is 11.0. The van der Waals surface area contributed by atoms with Crippen LogP contribution in [0.25, 0.3) is 5.69 Å². The number of amides is 1. The van der Waals surface area contributed by atoms with E-state index < -0.39 is 0 Å². The Morgan fingerprint density at radius 1 is 1.00 bits per heavy atom. The summed E-state index contributed by atoms with van der Waals surface area (Å²) >= 11 is 9.59. The predicted octanol–water partition coefficient (Wildman–Crippen LogP) is 5.26. The van der Waals surface area contributed by atoms with Crippen molar-refractivity contribution in [3.05, 3.63) is 103 Å². The van der Waals surface area contributed by atoms with Gasteiger partial charge in [-0.25, -0.2) is 4.79 Å². The molecule has 0 radical (unpaired) electrons. The van der Waals surface area contributed by atoms with E-state index in [9.17, 15) is 14.4 Å². The molecule has 210 valence electrons. The van der Waals surface area contributed by atoms with Crippen molar-refractivity contribution in [1.29, 1.82) is 0 Å². The average Bonchev–Trinajstić information content (AvgIpc) is 3.58. The van der Waals surface area contributed by atoms with Gasteiger partial charge in [-0.15, -0.1) is 0 Å². The number of ketones is 1. The summed E-state index contributed by atoms with van der Waals surface area (Å²) in [6.45, 7) is 0.854. The van der Waals surface area contributed by atoms with Crippen molar-refractivity contribution in [3.8, 4) is 22.9 Å². The van der Waals surface area contributed by atoms with Crippen LogP contribution < -0.4 is 19.9 Å². The molecule has 0 N–H and O–H groups in total. The Balaban J connectivity index is 1.35. The quantitative estimate of drug-likeness (QED) is 0.257. The molecule has 6 rings (SSSR count). The average molecular weight is 639 g/mol. The first-order valence-electron chi connectivity index (χ1n) is 13.0. The van der Waals surface area contributed by atoms with Crippen LogP contribution in [0.2, 0.25) is 5.02 Å². The van der Waals surface area contributed by atoms with Crippen LogP contribution in [0.1, 0.15) is 38.5 Å². The molecule has 0 bridgehead atoms. The van der Waals surface area contributed by atoms with Crippen molar-refractivity contribution >= 4 is 39.2 Å². The van der Waals surface area contributed by atoms with Gasteiger partial charge in [0, 0.05) is 29.5 Å². The molecule has 2 aliphatic rings. The monoisotopic (exact) mass is 637 g/mol. The highest BCUT2D eigenvalue weighted by atomic mass is 79.9. The highest BCUT2D eigenvalue weighted by molar-refractivity contribution is 9.10. The van der Waals surface area contributed by atoms with Gasteiger partial charge in [-0.05, 0) is 82.5 Å². The van der Waals surface area contributed by atoms with Crippen molar-refractivity contribution in [2.45, 2.75) is 25.9 Å². The van der Waals surface area contributed by atoms with Gasteiger partial charge in [0.05, 0.1) is 30.1 Å². The number of halogens is 2. The number of fused-ring (bicyclic) bond motifs is 2. The molecule has 3 aromatic carbocycles. The maximum Gasteiger partial charge on any atom is 0.333 e. The third kappa shape index (κ3) is 5.13. The lowest BCUT2D eigenvalue weighted by atomic mass is 10.0. The van der Waals surface area contributed by atoms with Crippen molar-refractivity contribution in [2.75, 3.05) is 20.4 Å². The molecule has 1 amide bonds. The van der Waals surface area contributed by atoms with E-state index in [2.05, 4.69) is 15.9 Å². The van der Waals surface area contributed by atoms with Gasteiger partial charge >= 0.3 is 5.69 Å². The fourth-order valence-electron chi connectivity index (χ4n) is 5.17. The number of carbonyl (C=O) groups excluding carboxylic acids is 2. The summed E-state index contributed by atoms with van der Waals surface area (Å²) in [5.41, 5.74) is 2.34. The first-order chi connectivity index (χ1) is 19.8. The number of Topliss-reactive ketones (excluding diaryl/α,β-unsaturated/α-hetero) is 1. The number of imidazole rings is 1. The molecule has 0 saturated carbocycles. The topological polar surface area (TPSA) is 92.0 Å². The summed E-state index contributed by atoms with van der Waals surface area (Å²) in [6, 6.07) is 17.6. The van der Waals surface area contributed by atoms with Crippen molar-refractivity contribution < 1.29 is 23.8 Å². The van der Waals surface area contributed by atoms with E-state index in [0.717, 1.165) is 5.56 Å². The minimum Gasteiger partial charge on any atom is -0.497 e. The summed E-state index contributed by atoms with van der Waals surface area (Å²) in [6.07, 6.45) is 0.597. The maximum absolute atomic E-state index is 13.9. The summed E-state index contributed by atoms with van der Waals surface area (Å²) in [5.74, 6) is 1.52. The smallest absolute Gasteiger partial charge is 0.333 e. The van der Waals surface area contributed by atoms with E-state index in [-0.39, 0.29) is 49.4 Å². The number of benzene rings is 3. The molecular formula is C30H25BrClN3O6. The highest BCUT2D eigenvalue weighted by Crippen LogP contribution is 2.33. The molecule has 0 aliphatic carbocycles. The van der Waals surface area contributed by atoms with E-state index in [4.69, 9.17) is 25.8 Å². The van der Waals surface area contributed by atoms with Crippen LogP contribution >= 0.6 is 27.5 Å². The van der Waals surface area contributed by atoms with Gasteiger partial charge in [-0.1, -0.05) is 17.7 Å². The van der Waals surface area contributed by atoms with Gasteiger partial charge in [0.2, 0.25) is 6.79 Å². The first-order valence-corrected chi connectivity index (χ1v) is 14.2. The molecule has 0 spiro atoms. The van der Waals surface area contributed by atoms with Crippen LogP contribution in [0.4, 0.5) is 0 Å². The van der Waals surface area contributed by atoms with Gasteiger partial charge in [0.15, 0.2) is 17.3 Å². The minimum atomic E-state index is -0.324. The Kier molecular flexibility index (Phi) is 7.35. The molecule has 11 heteroatoms. The Morgan fingerprint density at radius 3 is 2.54 bits per heavy atom. The van der Waals surface area contributed by atoms with E-state index in [1.165, 1.54) is 4.57 Å². The van der Waals surface area contributed by atoms with Gasteiger partial charge < -0.3 is 19.1 Å². The predicted molar refractivity (Wildman–Crippen MR) is 156 cm³/mol. The normalized spacial score (nSPS) is 13.7. The van der Waals surface area contributed by atoms with Crippen molar-refractivity contribution in [3.63, 3.8) is 0 Å². The summed E-state index contributed by atoms with van der Waals surface area (Å²) in [7, 11) is 1.56. The zero-order valence-electron chi connectivity index (χ0n) is 22.1. The molecule has 0 saturated heterocycles. The molecule has 41 heavy (non-hydrogen) atoms. The van der Waals surface area contributed by atoms with E-state index >= 15 is 0 Å². The number of aromatic nitrogens is 2.